The van der Waals surface area contributed by atoms with Crippen LogP contribution < -0.4 is 5.32 Å². The van der Waals surface area contributed by atoms with E-state index >= 15 is 0 Å². The highest BCUT2D eigenvalue weighted by Crippen LogP contribution is 2.33. The average Bonchev–Trinajstić information content (AvgIpc) is 3.11. The summed E-state index contributed by atoms with van der Waals surface area (Å²) < 4.78 is 1.66. The van der Waals surface area contributed by atoms with E-state index in [0.717, 1.165) is 11.3 Å². The third-order valence-corrected chi connectivity index (χ3v) is 5.04. The zero-order chi connectivity index (χ0) is 18.6. The maximum absolute atomic E-state index is 12.3. The lowest BCUT2D eigenvalue weighted by molar-refractivity contribution is 0.102. The average molecular weight is 375 g/mol. The van der Waals surface area contributed by atoms with Crippen LogP contribution in [0.4, 0.5) is 5.69 Å². The zero-order valence-electron chi connectivity index (χ0n) is 14.6. The Kier molecular flexibility index (Phi) is 4.84. The third kappa shape index (κ3) is 3.98. The van der Waals surface area contributed by atoms with Gasteiger partial charge >= 0.3 is 0 Å². The van der Waals surface area contributed by atoms with Gasteiger partial charge in [-0.25, -0.2) is 9.50 Å². The lowest BCUT2D eigenvalue weighted by Crippen LogP contribution is -2.11. The van der Waals surface area contributed by atoms with Crippen LogP contribution in [0.5, 0.6) is 0 Å². The minimum absolute atomic E-state index is 0.121. The van der Waals surface area contributed by atoms with E-state index in [1.165, 1.54) is 0 Å². The Balaban J connectivity index is 1.48. The molecule has 0 aliphatic carbocycles. The predicted molar refractivity (Wildman–Crippen MR) is 106 cm³/mol. The summed E-state index contributed by atoms with van der Waals surface area (Å²) in [6, 6.07) is 18.8. The summed E-state index contributed by atoms with van der Waals surface area (Å²) in [6.07, 6.45) is 3.52. The van der Waals surface area contributed by atoms with Crippen LogP contribution in [0.15, 0.2) is 78.2 Å². The van der Waals surface area contributed by atoms with Crippen LogP contribution in [0, 0.1) is 0 Å². The largest absolute Gasteiger partial charge is 0.322 e. The van der Waals surface area contributed by atoms with E-state index in [0.29, 0.717) is 16.5 Å². The number of fused-ring (bicyclic) bond motifs is 1. The lowest BCUT2D eigenvalue weighted by atomic mass is 10.1. The Hall–Kier alpha value is -3.19. The van der Waals surface area contributed by atoms with E-state index in [-0.39, 0.29) is 11.2 Å². The molecule has 2 aromatic heterocycles. The molecule has 0 bridgehead atoms. The van der Waals surface area contributed by atoms with E-state index in [1.807, 2.05) is 54.7 Å². The van der Waals surface area contributed by atoms with Crippen molar-refractivity contribution in [3.05, 3.63) is 84.2 Å². The molecule has 0 unspecified atom stereocenters. The van der Waals surface area contributed by atoms with Gasteiger partial charge in [0.1, 0.15) is 0 Å². The molecule has 2 aromatic carbocycles. The van der Waals surface area contributed by atoms with Gasteiger partial charge < -0.3 is 5.32 Å². The van der Waals surface area contributed by atoms with Gasteiger partial charge in [0.2, 0.25) is 5.16 Å². The van der Waals surface area contributed by atoms with Gasteiger partial charge in [0.15, 0.2) is 0 Å². The topological polar surface area (TPSA) is 72.2 Å². The number of thioether (sulfide) groups is 1. The van der Waals surface area contributed by atoms with E-state index in [2.05, 4.69) is 27.3 Å². The fraction of sp³-hybridized carbons (Fsp3) is 0.100. The fourth-order valence-electron chi connectivity index (χ4n) is 2.65. The molecule has 4 aromatic rings. The highest BCUT2D eigenvalue weighted by Gasteiger charge is 2.13. The lowest BCUT2D eigenvalue weighted by Gasteiger charge is -2.12. The maximum atomic E-state index is 12.3. The number of anilines is 1. The molecule has 0 radical (unpaired) electrons. The Morgan fingerprint density at radius 3 is 2.78 bits per heavy atom. The van der Waals surface area contributed by atoms with Crippen molar-refractivity contribution >= 4 is 29.1 Å². The van der Waals surface area contributed by atoms with Crippen molar-refractivity contribution in [3.8, 4) is 0 Å². The molecule has 7 heteroatoms. The molecule has 0 aliphatic heterocycles. The minimum Gasteiger partial charge on any atom is -0.322 e. The number of benzene rings is 2. The van der Waals surface area contributed by atoms with Crippen LogP contribution in [0.25, 0.3) is 5.78 Å². The smallest absolute Gasteiger partial charge is 0.255 e. The molecule has 0 fully saturated rings. The fourth-order valence-corrected chi connectivity index (χ4v) is 3.52. The number of nitrogens with one attached hydrogen (secondary N) is 1. The van der Waals surface area contributed by atoms with Crippen molar-refractivity contribution in [1.82, 2.24) is 19.6 Å². The number of nitrogens with zero attached hydrogens (tertiary/aromatic N) is 4. The van der Waals surface area contributed by atoms with E-state index in [4.69, 9.17) is 0 Å². The number of rotatable bonds is 5. The first kappa shape index (κ1) is 17.2. The second kappa shape index (κ2) is 7.59. The van der Waals surface area contributed by atoms with E-state index in [1.54, 1.807) is 34.6 Å². The van der Waals surface area contributed by atoms with Crippen LogP contribution in [-0.2, 0) is 0 Å². The molecule has 0 saturated heterocycles. The van der Waals surface area contributed by atoms with Crippen molar-refractivity contribution in [3.63, 3.8) is 0 Å². The third-order valence-electron chi connectivity index (χ3n) is 4.03. The normalized spacial score (nSPS) is 12.0. The monoisotopic (exact) mass is 375 g/mol. The molecule has 2 heterocycles. The van der Waals surface area contributed by atoms with Gasteiger partial charge in [-0.2, -0.15) is 4.98 Å². The SMILES string of the molecule is C[C@@H](Sc1nc2ncccn2n1)c1cccc(NC(=O)c2ccccc2)c1. The summed E-state index contributed by atoms with van der Waals surface area (Å²) in [5, 5.41) is 8.16. The molecule has 0 saturated carbocycles. The summed E-state index contributed by atoms with van der Waals surface area (Å²) in [6.45, 7) is 2.09. The van der Waals surface area contributed by atoms with Crippen LogP contribution in [0.2, 0.25) is 0 Å². The predicted octanol–water partition coefficient (Wildman–Crippen LogP) is 4.23. The van der Waals surface area contributed by atoms with Gasteiger partial charge in [-0.15, -0.1) is 5.10 Å². The molecule has 1 N–H and O–H groups in total. The van der Waals surface area contributed by atoms with Crippen LogP contribution in [0.3, 0.4) is 0 Å². The molecule has 1 amide bonds. The number of hydrogen-bond donors (Lipinski definition) is 1. The Labute approximate surface area is 160 Å². The first-order valence-electron chi connectivity index (χ1n) is 8.49. The van der Waals surface area contributed by atoms with E-state index in [9.17, 15) is 4.79 Å². The highest BCUT2D eigenvalue weighted by atomic mass is 32.2. The first-order chi connectivity index (χ1) is 13.2. The van der Waals surface area contributed by atoms with Crippen molar-refractivity contribution < 1.29 is 4.79 Å². The number of carbonyl (C=O) groups excluding carboxylic acids is 1. The number of aromatic nitrogens is 4. The van der Waals surface area contributed by atoms with Crippen molar-refractivity contribution in [2.45, 2.75) is 17.3 Å². The number of carbonyl (C=O) groups is 1. The Bertz CT molecular complexity index is 1050. The number of hydrogen-bond acceptors (Lipinski definition) is 5. The van der Waals surface area contributed by atoms with Gasteiger partial charge in [0, 0.05) is 28.9 Å². The molecule has 4 rings (SSSR count). The zero-order valence-corrected chi connectivity index (χ0v) is 15.4. The summed E-state index contributed by atoms with van der Waals surface area (Å²) in [7, 11) is 0. The van der Waals surface area contributed by atoms with Gasteiger partial charge in [-0.05, 0) is 42.8 Å². The Morgan fingerprint density at radius 2 is 1.96 bits per heavy atom. The Morgan fingerprint density at radius 1 is 1.11 bits per heavy atom. The standard InChI is InChI=1S/C20H17N5OS/c1-14(27-20-23-19-21-11-6-12-25(19)24-20)16-9-5-10-17(13-16)22-18(26)15-7-3-2-4-8-15/h2-14H,1H3,(H,22,26)/t14-/m1/s1. The second-order valence-corrected chi connectivity index (χ2v) is 7.27. The van der Waals surface area contributed by atoms with E-state index < -0.39 is 0 Å². The quantitative estimate of drug-likeness (QED) is 0.529. The molecule has 0 aliphatic rings. The van der Waals surface area contributed by atoms with Crippen molar-refractivity contribution in [1.29, 1.82) is 0 Å². The van der Waals surface area contributed by atoms with Crippen LogP contribution in [0.1, 0.15) is 28.1 Å². The molecule has 134 valence electrons. The molecule has 0 spiro atoms. The second-order valence-electron chi connectivity index (χ2n) is 5.96. The summed E-state index contributed by atoms with van der Waals surface area (Å²) >= 11 is 1.55. The van der Waals surface area contributed by atoms with Crippen molar-refractivity contribution in [2.75, 3.05) is 5.32 Å². The number of amides is 1. The first-order valence-corrected chi connectivity index (χ1v) is 9.37. The minimum atomic E-state index is -0.124. The van der Waals surface area contributed by atoms with Gasteiger partial charge in [0.05, 0.1) is 0 Å². The molecular formula is C20H17N5OS. The summed E-state index contributed by atoms with van der Waals surface area (Å²) in [5.74, 6) is 0.456. The van der Waals surface area contributed by atoms with Crippen LogP contribution >= 0.6 is 11.8 Å². The van der Waals surface area contributed by atoms with Gasteiger partial charge in [-0.1, -0.05) is 42.1 Å². The molecule has 1 atom stereocenters. The van der Waals surface area contributed by atoms with Crippen LogP contribution in [-0.4, -0.2) is 25.5 Å². The molecule has 27 heavy (non-hydrogen) atoms. The van der Waals surface area contributed by atoms with Gasteiger partial charge in [-0.3, -0.25) is 4.79 Å². The summed E-state index contributed by atoms with van der Waals surface area (Å²) in [4.78, 5) is 20.9. The molecule has 6 nitrogen and oxygen atoms in total. The summed E-state index contributed by atoms with van der Waals surface area (Å²) in [5.41, 5.74) is 2.47. The van der Waals surface area contributed by atoms with Crippen molar-refractivity contribution in [2.24, 2.45) is 0 Å². The molecular weight excluding hydrogens is 358 g/mol. The van der Waals surface area contributed by atoms with Gasteiger partial charge in [0.25, 0.3) is 11.7 Å². The highest BCUT2D eigenvalue weighted by molar-refractivity contribution is 7.99. The maximum Gasteiger partial charge on any atom is 0.255 e.